The van der Waals surface area contributed by atoms with Crippen LogP contribution in [0, 0.1) is 5.92 Å². The Kier molecular flexibility index (Phi) is 4.00. The molecule has 1 aliphatic carbocycles. The Morgan fingerprint density at radius 3 is 2.57 bits per heavy atom. The summed E-state index contributed by atoms with van der Waals surface area (Å²) < 4.78 is 0. The maximum absolute atomic E-state index is 11.8. The quantitative estimate of drug-likeness (QED) is 0.931. The molecule has 3 nitrogen and oxygen atoms in total. The zero-order chi connectivity index (χ0) is 14.7. The van der Waals surface area contributed by atoms with Gasteiger partial charge in [-0.1, -0.05) is 37.1 Å². The van der Waals surface area contributed by atoms with E-state index in [-0.39, 0.29) is 11.8 Å². The van der Waals surface area contributed by atoms with Crippen LogP contribution in [0.5, 0.6) is 0 Å². The van der Waals surface area contributed by atoms with E-state index in [1.807, 2.05) is 36.5 Å². The second-order valence-corrected chi connectivity index (χ2v) is 5.76. The van der Waals surface area contributed by atoms with Crippen LogP contribution in [0.1, 0.15) is 53.1 Å². The van der Waals surface area contributed by atoms with Crippen LogP contribution < -0.4 is 5.73 Å². The summed E-state index contributed by atoms with van der Waals surface area (Å²) in [6.45, 7) is 0. The van der Waals surface area contributed by atoms with Crippen LogP contribution in [0.25, 0.3) is 0 Å². The number of rotatable bonds is 4. The predicted molar refractivity (Wildman–Crippen MR) is 83.0 cm³/mol. The summed E-state index contributed by atoms with van der Waals surface area (Å²) in [4.78, 5) is 16.0. The first kappa shape index (κ1) is 13.8. The molecule has 1 unspecified atom stereocenters. The minimum absolute atomic E-state index is 0.213. The fraction of sp³-hybridized carbons (Fsp3) is 0.333. The molecular weight excluding hydrogens is 260 g/mol. The van der Waals surface area contributed by atoms with Crippen molar-refractivity contribution in [2.45, 2.75) is 31.6 Å². The first-order chi connectivity index (χ1) is 10.3. The first-order valence-electron chi connectivity index (χ1n) is 7.56. The lowest BCUT2D eigenvalue weighted by Gasteiger charge is -2.25. The number of hydrogen-bond acceptors (Lipinski definition) is 2. The average Bonchev–Trinajstić information content (AvgIpc) is 3.03. The molecule has 2 aromatic rings. The highest BCUT2D eigenvalue weighted by atomic mass is 16.1. The van der Waals surface area contributed by atoms with Crippen molar-refractivity contribution in [3.8, 4) is 0 Å². The summed E-state index contributed by atoms with van der Waals surface area (Å²) in [5.41, 5.74) is 8.44. The van der Waals surface area contributed by atoms with E-state index in [4.69, 9.17) is 5.73 Å². The zero-order valence-electron chi connectivity index (χ0n) is 12.0. The molecule has 21 heavy (non-hydrogen) atoms. The maximum Gasteiger partial charge on any atom is 0.248 e. The van der Waals surface area contributed by atoms with Crippen molar-refractivity contribution in [3.05, 3.63) is 65.5 Å². The highest BCUT2D eigenvalue weighted by molar-refractivity contribution is 5.94. The van der Waals surface area contributed by atoms with Crippen LogP contribution in [0.4, 0.5) is 0 Å². The van der Waals surface area contributed by atoms with Gasteiger partial charge in [-0.05, 0) is 42.0 Å². The van der Waals surface area contributed by atoms with Gasteiger partial charge in [0.25, 0.3) is 0 Å². The Labute approximate surface area is 125 Å². The minimum Gasteiger partial charge on any atom is -0.366 e. The number of carbonyl (C=O) groups excluding carboxylic acids is 1. The Morgan fingerprint density at radius 2 is 1.90 bits per heavy atom. The zero-order valence-corrected chi connectivity index (χ0v) is 12.0. The van der Waals surface area contributed by atoms with Gasteiger partial charge in [0.2, 0.25) is 5.91 Å². The van der Waals surface area contributed by atoms with Crippen LogP contribution in [0.15, 0.2) is 48.8 Å². The topological polar surface area (TPSA) is 56.0 Å². The Hall–Kier alpha value is -2.16. The van der Waals surface area contributed by atoms with Gasteiger partial charge in [-0.3, -0.25) is 9.78 Å². The number of aromatic nitrogens is 1. The van der Waals surface area contributed by atoms with Gasteiger partial charge >= 0.3 is 0 Å². The summed E-state index contributed by atoms with van der Waals surface area (Å²) in [6.07, 6.45) is 8.63. The molecule has 1 aromatic heterocycles. The van der Waals surface area contributed by atoms with Gasteiger partial charge in [-0.25, -0.2) is 0 Å². The first-order valence-corrected chi connectivity index (χ1v) is 7.56. The molecule has 1 amide bonds. The molecule has 0 radical (unpaired) electrons. The van der Waals surface area contributed by atoms with Crippen molar-refractivity contribution >= 4 is 5.91 Å². The van der Waals surface area contributed by atoms with Crippen LogP contribution in [0.2, 0.25) is 0 Å². The lowest BCUT2D eigenvalue weighted by atomic mass is 9.78. The third-order valence-corrected chi connectivity index (χ3v) is 4.48. The van der Waals surface area contributed by atoms with E-state index < -0.39 is 0 Å². The van der Waals surface area contributed by atoms with Gasteiger partial charge in [0.05, 0.1) is 0 Å². The molecule has 3 heteroatoms. The molecule has 1 saturated carbocycles. The number of nitrogens with two attached hydrogens (primary N) is 1. The minimum atomic E-state index is -0.350. The SMILES string of the molecule is NC(=O)c1ccccc1C(c1cccnc1)C1CCCC1. The fourth-order valence-electron chi connectivity index (χ4n) is 3.55. The Balaban J connectivity index is 2.09. The van der Waals surface area contributed by atoms with Gasteiger partial charge in [0.15, 0.2) is 0 Å². The Morgan fingerprint density at radius 1 is 1.14 bits per heavy atom. The van der Waals surface area contributed by atoms with E-state index in [0.717, 1.165) is 5.56 Å². The second-order valence-electron chi connectivity index (χ2n) is 5.76. The number of benzene rings is 1. The van der Waals surface area contributed by atoms with E-state index in [2.05, 4.69) is 11.1 Å². The lowest BCUT2D eigenvalue weighted by Crippen LogP contribution is -2.19. The molecule has 0 saturated heterocycles. The maximum atomic E-state index is 11.8. The predicted octanol–water partition coefficient (Wildman–Crippen LogP) is 3.50. The third kappa shape index (κ3) is 2.82. The summed E-state index contributed by atoms with van der Waals surface area (Å²) in [6, 6.07) is 11.8. The van der Waals surface area contributed by atoms with Gasteiger partial charge in [0, 0.05) is 23.9 Å². The van der Waals surface area contributed by atoms with Crippen LogP contribution in [-0.2, 0) is 0 Å². The van der Waals surface area contributed by atoms with E-state index in [1.54, 1.807) is 6.20 Å². The normalized spacial score (nSPS) is 16.8. The highest BCUT2D eigenvalue weighted by Gasteiger charge is 2.30. The van der Waals surface area contributed by atoms with E-state index >= 15 is 0 Å². The van der Waals surface area contributed by atoms with E-state index in [0.29, 0.717) is 11.5 Å². The Bertz CT molecular complexity index is 618. The molecule has 3 rings (SSSR count). The molecular formula is C18H20N2O. The molecule has 0 spiro atoms. The number of pyridine rings is 1. The molecule has 0 bridgehead atoms. The number of hydrogen-bond donors (Lipinski definition) is 1. The van der Waals surface area contributed by atoms with Crippen LogP contribution >= 0.6 is 0 Å². The van der Waals surface area contributed by atoms with E-state index in [9.17, 15) is 4.79 Å². The molecule has 1 heterocycles. The number of carbonyl (C=O) groups is 1. The number of nitrogens with zero attached hydrogens (tertiary/aromatic N) is 1. The van der Waals surface area contributed by atoms with Gasteiger partial charge in [-0.2, -0.15) is 0 Å². The standard InChI is InChI=1S/C18H20N2O/c19-18(21)16-10-4-3-9-15(16)17(13-6-1-2-7-13)14-8-5-11-20-12-14/h3-5,8-13,17H,1-2,6-7H2,(H2,19,21). The summed E-state index contributed by atoms with van der Waals surface area (Å²) in [5, 5.41) is 0. The van der Waals surface area contributed by atoms with Gasteiger partial charge in [0.1, 0.15) is 0 Å². The van der Waals surface area contributed by atoms with Gasteiger partial charge < -0.3 is 5.73 Å². The third-order valence-electron chi connectivity index (χ3n) is 4.48. The summed E-state index contributed by atoms with van der Waals surface area (Å²) in [5.74, 6) is 0.428. The van der Waals surface area contributed by atoms with Crippen LogP contribution in [0.3, 0.4) is 0 Å². The van der Waals surface area contributed by atoms with Crippen molar-refractivity contribution in [2.75, 3.05) is 0 Å². The molecule has 1 fully saturated rings. The number of amides is 1. The lowest BCUT2D eigenvalue weighted by molar-refractivity contribution is 0.0999. The van der Waals surface area contributed by atoms with Crippen molar-refractivity contribution < 1.29 is 4.79 Å². The van der Waals surface area contributed by atoms with Crippen molar-refractivity contribution in [2.24, 2.45) is 11.7 Å². The molecule has 1 aliphatic rings. The molecule has 0 aliphatic heterocycles. The molecule has 1 atom stereocenters. The average molecular weight is 280 g/mol. The summed E-state index contributed by atoms with van der Waals surface area (Å²) in [7, 11) is 0. The molecule has 1 aromatic carbocycles. The molecule has 2 N–H and O–H groups in total. The van der Waals surface area contributed by atoms with Crippen molar-refractivity contribution in [1.29, 1.82) is 0 Å². The van der Waals surface area contributed by atoms with E-state index in [1.165, 1.54) is 31.2 Å². The molecule has 108 valence electrons. The summed E-state index contributed by atoms with van der Waals surface area (Å²) >= 11 is 0. The monoisotopic (exact) mass is 280 g/mol. The highest BCUT2D eigenvalue weighted by Crippen LogP contribution is 2.42. The van der Waals surface area contributed by atoms with Crippen LogP contribution in [-0.4, -0.2) is 10.9 Å². The smallest absolute Gasteiger partial charge is 0.248 e. The fourth-order valence-corrected chi connectivity index (χ4v) is 3.55. The largest absolute Gasteiger partial charge is 0.366 e. The van der Waals surface area contributed by atoms with Crippen molar-refractivity contribution in [3.63, 3.8) is 0 Å². The van der Waals surface area contributed by atoms with Gasteiger partial charge in [-0.15, -0.1) is 0 Å². The number of primary amides is 1. The second kappa shape index (κ2) is 6.08. The van der Waals surface area contributed by atoms with Crippen molar-refractivity contribution in [1.82, 2.24) is 4.98 Å².